The van der Waals surface area contributed by atoms with Crippen LogP contribution in [0.2, 0.25) is 5.02 Å². The summed E-state index contributed by atoms with van der Waals surface area (Å²) in [6.45, 7) is 3.90. The molecule has 0 spiro atoms. The summed E-state index contributed by atoms with van der Waals surface area (Å²) in [4.78, 5) is 26.5. The zero-order valence-corrected chi connectivity index (χ0v) is 21.5. The summed E-state index contributed by atoms with van der Waals surface area (Å²) in [5.41, 5.74) is 2.20. The third-order valence-corrected chi connectivity index (χ3v) is 5.81. The van der Waals surface area contributed by atoms with Crippen molar-refractivity contribution < 1.29 is 19.4 Å². The van der Waals surface area contributed by atoms with Crippen LogP contribution < -0.4 is 14.8 Å². The summed E-state index contributed by atoms with van der Waals surface area (Å²) in [7, 11) is 1.63. The minimum absolute atomic E-state index is 0.298. The molecule has 2 heterocycles. The molecular weight excluding hydrogens is 494 g/mol. The predicted molar refractivity (Wildman–Crippen MR) is 142 cm³/mol. The van der Waals surface area contributed by atoms with Crippen LogP contribution in [0.3, 0.4) is 0 Å². The van der Waals surface area contributed by atoms with E-state index in [1.54, 1.807) is 25.4 Å². The molecule has 2 atom stereocenters. The van der Waals surface area contributed by atoms with E-state index in [2.05, 4.69) is 20.3 Å². The van der Waals surface area contributed by atoms with Crippen LogP contribution in [0.5, 0.6) is 11.5 Å². The van der Waals surface area contributed by atoms with Gasteiger partial charge in [-0.1, -0.05) is 23.7 Å². The van der Waals surface area contributed by atoms with Crippen molar-refractivity contribution >= 4 is 39.9 Å². The molecule has 0 aliphatic carbocycles. The highest BCUT2D eigenvalue weighted by molar-refractivity contribution is 6.32. The monoisotopic (exact) mass is 521 g/mol. The van der Waals surface area contributed by atoms with Crippen molar-refractivity contribution in [3.8, 4) is 11.5 Å². The summed E-state index contributed by atoms with van der Waals surface area (Å²) in [6, 6.07) is 16.5. The third-order valence-electron chi connectivity index (χ3n) is 5.51. The number of fused-ring (bicyclic) bond motifs is 1. The topological polar surface area (TPSA) is 110 Å². The molecule has 4 aromatic rings. The van der Waals surface area contributed by atoms with Gasteiger partial charge in [-0.05, 0) is 56.3 Å². The number of pyridine rings is 1. The second kappa shape index (κ2) is 11.9. The Labute approximate surface area is 220 Å². The average molecular weight is 522 g/mol. The van der Waals surface area contributed by atoms with Gasteiger partial charge in [0, 0.05) is 18.9 Å². The average Bonchev–Trinajstić information content (AvgIpc) is 2.88. The second-order valence-corrected chi connectivity index (χ2v) is 8.98. The summed E-state index contributed by atoms with van der Waals surface area (Å²) in [6.07, 6.45) is 1.76. The van der Waals surface area contributed by atoms with Gasteiger partial charge < -0.3 is 24.8 Å². The van der Waals surface area contributed by atoms with Gasteiger partial charge in [0.05, 0.1) is 28.2 Å². The number of aromatic nitrogens is 3. The first-order valence-corrected chi connectivity index (χ1v) is 12.1. The second-order valence-electron chi connectivity index (χ2n) is 8.58. The first-order valence-electron chi connectivity index (χ1n) is 11.7. The van der Waals surface area contributed by atoms with E-state index in [0.717, 1.165) is 5.69 Å². The predicted octanol–water partition coefficient (Wildman–Crippen LogP) is 4.61. The normalized spacial score (nSPS) is 12.6. The number of aliphatic hydroxyl groups excluding tert-OH is 1. The number of ether oxygens (including phenoxy) is 2. The molecule has 2 aromatic heterocycles. The van der Waals surface area contributed by atoms with Crippen molar-refractivity contribution in [3.63, 3.8) is 0 Å². The van der Waals surface area contributed by atoms with Gasteiger partial charge in [0.2, 0.25) is 0 Å². The van der Waals surface area contributed by atoms with Crippen LogP contribution >= 0.6 is 11.6 Å². The van der Waals surface area contributed by atoms with E-state index in [1.807, 2.05) is 49.4 Å². The Bertz CT molecular complexity index is 1360. The molecule has 0 fully saturated rings. The summed E-state index contributed by atoms with van der Waals surface area (Å²) in [5.74, 6) is 1.27. The number of amides is 1. The minimum atomic E-state index is -1.07. The van der Waals surface area contributed by atoms with Gasteiger partial charge in [-0.15, -0.1) is 0 Å². The van der Waals surface area contributed by atoms with E-state index in [9.17, 15) is 9.90 Å². The number of hydrogen-bond acceptors (Lipinski definition) is 8. The van der Waals surface area contributed by atoms with Crippen LogP contribution in [0, 0.1) is 0 Å². The van der Waals surface area contributed by atoms with E-state index >= 15 is 0 Å². The molecule has 0 aliphatic rings. The van der Waals surface area contributed by atoms with E-state index in [0.29, 0.717) is 52.1 Å². The van der Waals surface area contributed by atoms with Gasteiger partial charge in [-0.3, -0.25) is 9.78 Å². The Morgan fingerprint density at radius 1 is 1.08 bits per heavy atom. The van der Waals surface area contributed by atoms with Crippen molar-refractivity contribution in [1.29, 1.82) is 0 Å². The van der Waals surface area contributed by atoms with Crippen molar-refractivity contribution in [3.05, 3.63) is 77.8 Å². The lowest BCUT2D eigenvalue weighted by Gasteiger charge is -2.24. The van der Waals surface area contributed by atoms with Crippen molar-refractivity contribution in [2.24, 2.45) is 0 Å². The van der Waals surface area contributed by atoms with Crippen LogP contribution in [0.1, 0.15) is 19.5 Å². The highest BCUT2D eigenvalue weighted by Gasteiger charge is 2.19. The van der Waals surface area contributed by atoms with Gasteiger partial charge >= 0.3 is 0 Å². The maximum Gasteiger partial charge on any atom is 0.250 e. The summed E-state index contributed by atoms with van der Waals surface area (Å²) in [5, 5.41) is 14.0. The number of carbonyl (C=O) groups is 1. The number of anilines is 2. The first-order chi connectivity index (χ1) is 17.8. The van der Waals surface area contributed by atoms with Gasteiger partial charge in [0.1, 0.15) is 42.5 Å². The lowest BCUT2D eigenvalue weighted by atomic mass is 10.2. The van der Waals surface area contributed by atoms with Crippen molar-refractivity contribution in [1.82, 2.24) is 19.9 Å². The zero-order valence-electron chi connectivity index (χ0n) is 20.8. The summed E-state index contributed by atoms with van der Waals surface area (Å²) >= 11 is 6.48. The van der Waals surface area contributed by atoms with E-state index in [-0.39, 0.29) is 12.0 Å². The number of rotatable bonds is 10. The Morgan fingerprint density at radius 2 is 1.92 bits per heavy atom. The van der Waals surface area contributed by atoms with Gasteiger partial charge in [0.15, 0.2) is 0 Å². The maximum atomic E-state index is 12.0. The molecule has 0 saturated heterocycles. The number of halogens is 1. The van der Waals surface area contributed by atoms with Gasteiger partial charge in [-0.25, -0.2) is 9.97 Å². The van der Waals surface area contributed by atoms with Crippen LogP contribution in [-0.2, 0) is 11.4 Å². The Hall–Kier alpha value is -3.95. The van der Waals surface area contributed by atoms with E-state index in [1.165, 1.54) is 18.2 Å². The molecule has 2 unspecified atom stereocenters. The standard InChI is InChI=1S/C27H28ClN5O4/c1-17(14-33(3)27(35)18(2)34)37-24-9-6-8-22-25(24)26(31-16-30-22)32-19-10-11-23(21(28)13-19)36-15-20-7-4-5-12-29-20/h4-13,16-18,34H,14-15H2,1-3H3,(H,30,31,32). The molecule has 0 aliphatic heterocycles. The lowest BCUT2D eigenvalue weighted by Crippen LogP contribution is -2.40. The van der Waals surface area contributed by atoms with Crippen LogP contribution in [0.15, 0.2) is 67.1 Å². The molecule has 0 bridgehead atoms. The Kier molecular flexibility index (Phi) is 8.37. The molecule has 192 valence electrons. The van der Waals surface area contributed by atoms with Gasteiger partial charge in [-0.2, -0.15) is 0 Å². The number of aliphatic hydroxyl groups is 1. The fraction of sp³-hybridized carbons (Fsp3) is 0.259. The highest BCUT2D eigenvalue weighted by atomic mass is 35.5. The largest absolute Gasteiger partial charge is 0.488 e. The van der Waals surface area contributed by atoms with Gasteiger partial charge in [0.25, 0.3) is 5.91 Å². The highest BCUT2D eigenvalue weighted by Crippen LogP contribution is 2.34. The quantitative estimate of drug-likeness (QED) is 0.311. The maximum absolute atomic E-state index is 12.0. The molecule has 1 amide bonds. The number of nitrogens with one attached hydrogen (secondary N) is 1. The minimum Gasteiger partial charge on any atom is -0.488 e. The molecule has 37 heavy (non-hydrogen) atoms. The van der Waals surface area contributed by atoms with Crippen molar-refractivity contribution in [2.45, 2.75) is 32.7 Å². The van der Waals surface area contributed by atoms with E-state index in [4.69, 9.17) is 21.1 Å². The van der Waals surface area contributed by atoms with Crippen molar-refractivity contribution in [2.75, 3.05) is 18.9 Å². The first kappa shape index (κ1) is 26.1. The number of benzene rings is 2. The molecule has 0 saturated carbocycles. The Balaban J connectivity index is 1.52. The fourth-order valence-corrected chi connectivity index (χ4v) is 4.02. The molecule has 4 rings (SSSR count). The lowest BCUT2D eigenvalue weighted by molar-refractivity contribution is -0.138. The Morgan fingerprint density at radius 3 is 2.65 bits per heavy atom. The third kappa shape index (κ3) is 6.63. The molecule has 9 nitrogen and oxygen atoms in total. The molecule has 2 N–H and O–H groups in total. The number of hydrogen-bond donors (Lipinski definition) is 2. The molecule has 10 heteroatoms. The number of carbonyl (C=O) groups excluding carboxylic acids is 1. The van der Waals surface area contributed by atoms with Crippen LogP contribution in [0.25, 0.3) is 10.9 Å². The number of nitrogens with zero attached hydrogens (tertiary/aromatic N) is 4. The molecule has 2 aromatic carbocycles. The van der Waals surface area contributed by atoms with E-state index < -0.39 is 6.10 Å². The number of likely N-dealkylation sites (N-methyl/N-ethyl adjacent to an activating group) is 1. The van der Waals surface area contributed by atoms with Crippen LogP contribution in [-0.4, -0.2) is 56.7 Å². The fourth-order valence-electron chi connectivity index (χ4n) is 3.79. The summed E-state index contributed by atoms with van der Waals surface area (Å²) < 4.78 is 12.0. The molecular formula is C27H28ClN5O4. The smallest absolute Gasteiger partial charge is 0.250 e. The SMILES string of the molecule is CC(CN(C)C(=O)C(C)O)Oc1cccc2ncnc(Nc3ccc(OCc4ccccn4)c(Cl)c3)c12. The van der Waals surface area contributed by atoms with Crippen LogP contribution in [0.4, 0.5) is 11.5 Å². The zero-order chi connectivity index (χ0) is 26.4. The molecule has 0 radical (unpaired) electrons.